The molecular weight excluding hydrogens is 265 g/mol. The molecule has 0 bridgehead atoms. The van der Waals surface area contributed by atoms with Crippen molar-refractivity contribution in [3.63, 3.8) is 0 Å². The van der Waals surface area contributed by atoms with Crippen molar-refractivity contribution < 1.29 is 23.5 Å². The molecule has 0 unspecified atom stereocenters. The third-order valence-electron chi connectivity index (χ3n) is 3.19. The summed E-state index contributed by atoms with van der Waals surface area (Å²) in [5.41, 5.74) is -1.90. The number of amides is 1. The van der Waals surface area contributed by atoms with Gasteiger partial charge in [0.15, 0.2) is 5.54 Å². The molecular formula is C14H22FNO4. The Morgan fingerprint density at radius 3 is 2.50 bits per heavy atom. The normalized spacial score (nSPS) is 24.9. The van der Waals surface area contributed by atoms with Gasteiger partial charge in [0.2, 0.25) is 0 Å². The lowest BCUT2D eigenvalue weighted by Gasteiger charge is -2.34. The van der Waals surface area contributed by atoms with Gasteiger partial charge in [-0.1, -0.05) is 0 Å². The van der Waals surface area contributed by atoms with Crippen molar-refractivity contribution >= 4 is 12.1 Å². The lowest BCUT2D eigenvalue weighted by molar-refractivity contribution is -0.152. The lowest BCUT2D eigenvalue weighted by atomic mass is 9.94. The average Bonchev–Trinajstić information content (AvgIpc) is 2.65. The summed E-state index contributed by atoms with van der Waals surface area (Å²) >= 11 is 0. The molecule has 1 rings (SSSR count). The Morgan fingerprint density at radius 1 is 1.45 bits per heavy atom. The maximum absolute atomic E-state index is 13.0. The number of likely N-dealkylation sites (tertiary alicyclic amines) is 1. The molecule has 0 aromatic heterocycles. The van der Waals surface area contributed by atoms with Crippen LogP contribution in [-0.4, -0.2) is 41.3 Å². The number of ether oxygens (including phenoxy) is 2. The number of carbonyl (C=O) groups excluding carboxylic acids is 2. The molecule has 0 aromatic carbocycles. The lowest BCUT2D eigenvalue weighted by Crippen LogP contribution is -2.53. The van der Waals surface area contributed by atoms with Gasteiger partial charge in [-0.3, -0.25) is 4.90 Å². The summed E-state index contributed by atoms with van der Waals surface area (Å²) in [6.45, 7) is 8.72. The van der Waals surface area contributed by atoms with Gasteiger partial charge >= 0.3 is 12.1 Å². The highest BCUT2D eigenvalue weighted by atomic mass is 19.1. The summed E-state index contributed by atoms with van der Waals surface area (Å²) in [5, 5.41) is 0. The van der Waals surface area contributed by atoms with Crippen LogP contribution < -0.4 is 0 Å². The third-order valence-corrected chi connectivity index (χ3v) is 3.19. The van der Waals surface area contributed by atoms with E-state index in [1.54, 1.807) is 27.7 Å². The first-order chi connectivity index (χ1) is 9.16. The van der Waals surface area contributed by atoms with Crippen LogP contribution in [0.15, 0.2) is 11.9 Å². The van der Waals surface area contributed by atoms with Gasteiger partial charge in [-0.25, -0.2) is 14.0 Å². The zero-order chi connectivity index (χ0) is 15.6. The van der Waals surface area contributed by atoms with Crippen molar-refractivity contribution in [2.45, 2.75) is 52.2 Å². The fourth-order valence-electron chi connectivity index (χ4n) is 2.14. The molecule has 0 radical (unpaired) electrons. The van der Waals surface area contributed by atoms with Gasteiger partial charge in [0, 0.05) is 6.54 Å². The molecule has 20 heavy (non-hydrogen) atoms. The summed E-state index contributed by atoms with van der Waals surface area (Å²) in [6, 6.07) is 0. The monoisotopic (exact) mass is 287 g/mol. The van der Waals surface area contributed by atoms with E-state index in [2.05, 4.69) is 0 Å². The Kier molecular flexibility index (Phi) is 4.78. The highest BCUT2D eigenvalue weighted by Crippen LogP contribution is 2.36. The average molecular weight is 287 g/mol. The van der Waals surface area contributed by atoms with Crippen LogP contribution in [0.25, 0.3) is 0 Å². The van der Waals surface area contributed by atoms with E-state index < -0.39 is 23.2 Å². The van der Waals surface area contributed by atoms with Gasteiger partial charge in [-0.2, -0.15) is 0 Å². The van der Waals surface area contributed by atoms with E-state index >= 15 is 0 Å². The maximum atomic E-state index is 13.0. The summed E-state index contributed by atoms with van der Waals surface area (Å²) in [6.07, 6.45) is 0.0108. The fraction of sp³-hybridized carbons (Fsp3) is 0.714. The molecule has 0 aliphatic carbocycles. The Balaban J connectivity index is 3.06. The highest BCUT2D eigenvalue weighted by Gasteiger charge is 2.52. The molecule has 1 saturated heterocycles. The molecule has 0 saturated carbocycles. The summed E-state index contributed by atoms with van der Waals surface area (Å²) < 4.78 is 23.3. The molecule has 114 valence electrons. The fourth-order valence-corrected chi connectivity index (χ4v) is 2.14. The van der Waals surface area contributed by atoms with E-state index in [9.17, 15) is 14.0 Å². The minimum absolute atomic E-state index is 0.163. The molecule has 0 spiro atoms. The first kappa shape index (κ1) is 16.5. The first-order valence-electron chi connectivity index (χ1n) is 6.64. The minimum Gasteiger partial charge on any atom is -0.464 e. The van der Waals surface area contributed by atoms with Crippen molar-refractivity contribution in [2.75, 3.05) is 13.2 Å². The van der Waals surface area contributed by atoms with Crippen molar-refractivity contribution in [1.29, 1.82) is 0 Å². The maximum Gasteiger partial charge on any atom is 0.411 e. The van der Waals surface area contributed by atoms with Gasteiger partial charge < -0.3 is 9.47 Å². The first-order valence-corrected chi connectivity index (χ1v) is 6.64. The summed E-state index contributed by atoms with van der Waals surface area (Å²) in [7, 11) is 0. The predicted molar refractivity (Wildman–Crippen MR) is 71.8 cm³/mol. The number of hydrogen-bond acceptors (Lipinski definition) is 4. The van der Waals surface area contributed by atoms with E-state index in [1.807, 2.05) is 0 Å². The zero-order valence-electron chi connectivity index (χ0n) is 12.7. The van der Waals surface area contributed by atoms with E-state index in [4.69, 9.17) is 9.47 Å². The number of nitrogens with zero attached hydrogens (tertiary/aromatic N) is 1. The third kappa shape index (κ3) is 3.11. The smallest absolute Gasteiger partial charge is 0.411 e. The SMILES string of the molecule is CCOC(=O)[C@@]1(C)/C(=C\F)CCN1C(=O)OC(C)(C)C. The summed E-state index contributed by atoms with van der Waals surface area (Å²) in [4.78, 5) is 25.6. The molecule has 1 amide bonds. The van der Waals surface area contributed by atoms with Crippen molar-refractivity contribution in [2.24, 2.45) is 0 Å². The van der Waals surface area contributed by atoms with Gasteiger partial charge in [0.25, 0.3) is 0 Å². The van der Waals surface area contributed by atoms with Crippen molar-refractivity contribution in [1.82, 2.24) is 4.90 Å². The molecule has 0 N–H and O–H groups in total. The summed E-state index contributed by atoms with van der Waals surface area (Å²) in [5.74, 6) is -0.646. The molecule has 1 heterocycles. The zero-order valence-corrected chi connectivity index (χ0v) is 12.7. The van der Waals surface area contributed by atoms with Gasteiger partial charge in [-0.15, -0.1) is 0 Å². The molecule has 1 fully saturated rings. The molecule has 6 heteroatoms. The number of halogens is 1. The van der Waals surface area contributed by atoms with E-state index in [-0.39, 0.29) is 25.1 Å². The van der Waals surface area contributed by atoms with Crippen LogP contribution in [0.2, 0.25) is 0 Å². The van der Waals surface area contributed by atoms with E-state index in [0.29, 0.717) is 6.33 Å². The Hall–Kier alpha value is -1.59. The Bertz CT molecular complexity index is 427. The number of hydrogen-bond donors (Lipinski definition) is 0. The quantitative estimate of drug-likeness (QED) is 0.733. The van der Waals surface area contributed by atoms with Crippen LogP contribution in [0, 0.1) is 0 Å². The van der Waals surface area contributed by atoms with Crippen LogP contribution in [0.3, 0.4) is 0 Å². The van der Waals surface area contributed by atoms with Crippen molar-refractivity contribution in [3.05, 3.63) is 11.9 Å². The van der Waals surface area contributed by atoms with E-state index in [1.165, 1.54) is 11.8 Å². The molecule has 1 atom stereocenters. The number of carbonyl (C=O) groups is 2. The predicted octanol–water partition coefficient (Wildman–Crippen LogP) is 2.80. The van der Waals surface area contributed by atoms with Crippen LogP contribution in [0.4, 0.5) is 9.18 Å². The molecule has 0 aromatic rings. The minimum atomic E-state index is -1.44. The van der Waals surface area contributed by atoms with Crippen molar-refractivity contribution in [3.8, 4) is 0 Å². The Labute approximate surface area is 118 Å². The second-order valence-electron chi connectivity index (χ2n) is 5.81. The second-order valence-corrected chi connectivity index (χ2v) is 5.81. The van der Waals surface area contributed by atoms with Crippen LogP contribution in [-0.2, 0) is 14.3 Å². The van der Waals surface area contributed by atoms with Crippen LogP contribution >= 0.6 is 0 Å². The standard InChI is InChI=1S/C14H22FNO4/c1-6-19-11(17)14(5)10(9-15)7-8-16(14)12(18)20-13(2,3)4/h9H,6-8H2,1-5H3/b10-9-/t14-/m1/s1. The Morgan fingerprint density at radius 2 is 2.05 bits per heavy atom. The molecule has 5 nitrogen and oxygen atoms in total. The molecule has 1 aliphatic heterocycles. The van der Waals surface area contributed by atoms with Gasteiger partial charge in [-0.05, 0) is 46.6 Å². The number of esters is 1. The van der Waals surface area contributed by atoms with Crippen LogP contribution in [0.5, 0.6) is 0 Å². The number of rotatable bonds is 2. The highest BCUT2D eigenvalue weighted by molar-refractivity contribution is 5.90. The van der Waals surface area contributed by atoms with Gasteiger partial charge in [0.1, 0.15) is 5.60 Å². The topological polar surface area (TPSA) is 55.8 Å². The largest absolute Gasteiger partial charge is 0.464 e. The molecule has 1 aliphatic rings. The van der Waals surface area contributed by atoms with Crippen LogP contribution in [0.1, 0.15) is 41.0 Å². The van der Waals surface area contributed by atoms with Gasteiger partial charge in [0.05, 0.1) is 12.9 Å². The second kappa shape index (κ2) is 5.81. The van der Waals surface area contributed by atoms with E-state index in [0.717, 1.165) is 0 Å².